The van der Waals surface area contributed by atoms with E-state index in [0.717, 1.165) is 4.90 Å². The van der Waals surface area contributed by atoms with E-state index in [1.807, 2.05) is 0 Å². The summed E-state index contributed by atoms with van der Waals surface area (Å²) in [5.74, 6) is 0. The average Bonchev–Trinajstić information content (AvgIpc) is 1.28. The van der Waals surface area contributed by atoms with Gasteiger partial charge >= 0.3 is 0 Å². The van der Waals surface area contributed by atoms with Crippen LogP contribution < -0.4 is 26.4 Å². The second-order valence-corrected chi connectivity index (χ2v) is 18.6. The lowest BCUT2D eigenvalue weighted by molar-refractivity contribution is 0.590. The van der Waals surface area contributed by atoms with Crippen molar-refractivity contribution in [1.82, 2.24) is 4.57 Å². The average molecular weight is 865 g/mol. The topological polar surface area (TPSA) is 37.7 Å². The van der Waals surface area contributed by atoms with Gasteiger partial charge in [0.1, 0.15) is 16.7 Å². The second-order valence-electron chi connectivity index (χ2n) is 18.6. The van der Waals surface area contributed by atoms with Gasteiger partial charge in [0.2, 0.25) is 0 Å². The number of para-hydroxylation sites is 2. The number of anilines is 6. The largest absolute Gasteiger partial charge is 0.468 e. The van der Waals surface area contributed by atoms with Gasteiger partial charge in [0.25, 0.3) is 6.71 Å². The highest BCUT2D eigenvalue weighted by atomic mass is 16.3. The fourth-order valence-corrected chi connectivity index (χ4v) is 9.59. The number of nitrogens with zero attached hydrogens (tertiary/aromatic N) is 3. The van der Waals surface area contributed by atoms with Crippen LogP contribution in [0.1, 0.15) is 92.5 Å². The molecule has 3 aromatic heterocycles. The highest BCUT2D eigenvalue weighted by molar-refractivity contribution is 7.00. The first-order valence-electron chi connectivity index (χ1n) is 33.4. The quantitative estimate of drug-likeness (QED) is 0.162. The Kier molecular flexibility index (Phi) is 3.85. The third-order valence-electron chi connectivity index (χ3n) is 12.5. The van der Waals surface area contributed by atoms with Crippen molar-refractivity contribution in [3.8, 4) is 16.8 Å². The zero-order chi connectivity index (χ0) is 65.6. The number of hydrogen-bond acceptors (Lipinski definition) is 4. The molecule has 65 heavy (non-hydrogen) atoms. The summed E-state index contributed by atoms with van der Waals surface area (Å²) >= 11 is 0. The molecule has 6 heteroatoms. The third-order valence-corrected chi connectivity index (χ3v) is 12.5. The maximum absolute atomic E-state index is 10.5. The minimum absolute atomic E-state index is 0.00753. The Hall–Kier alpha value is -7.44. The van der Waals surface area contributed by atoms with Gasteiger partial charge < -0.3 is 23.2 Å². The lowest BCUT2D eigenvalue weighted by atomic mass is 9.35. The van der Waals surface area contributed by atoms with E-state index in [9.17, 15) is 23.3 Å². The molecule has 0 fully saturated rings. The Bertz CT molecular complexity index is 5350. The molecule has 0 radical (unpaired) electrons. The molecule has 0 amide bonds. The van der Waals surface area contributed by atoms with Crippen LogP contribution in [-0.2, 0) is 10.8 Å². The minimum Gasteiger partial charge on any atom is -0.468 e. The number of rotatable bonds is 2. The lowest BCUT2D eigenvalue weighted by Gasteiger charge is -2.45. The summed E-state index contributed by atoms with van der Waals surface area (Å²) in [6.45, 7) is 10.2. The lowest BCUT2D eigenvalue weighted by Crippen LogP contribution is -2.61. The van der Waals surface area contributed by atoms with Crippen LogP contribution in [0.25, 0.3) is 71.5 Å². The summed E-state index contributed by atoms with van der Waals surface area (Å²) in [5, 5.41) is -1.36. The van der Waals surface area contributed by atoms with Crippen molar-refractivity contribution in [3.63, 3.8) is 0 Å². The predicted octanol–water partition coefficient (Wildman–Crippen LogP) is 14.4. The molecule has 0 unspecified atom stereocenters. The van der Waals surface area contributed by atoms with E-state index in [2.05, 4.69) is 0 Å². The molecular weight excluding hydrogens is 793 g/mol. The first kappa shape index (κ1) is 20.2. The highest BCUT2D eigenvalue weighted by Gasteiger charge is 2.49. The maximum Gasteiger partial charge on any atom is 0.297 e. The molecule has 0 saturated heterocycles. The molecule has 5 nitrogen and oxygen atoms in total. The van der Waals surface area contributed by atoms with Crippen LogP contribution in [-0.4, -0.2) is 11.3 Å². The number of benzene rings is 8. The Morgan fingerprint density at radius 2 is 1.18 bits per heavy atom. The van der Waals surface area contributed by atoms with Crippen molar-refractivity contribution in [2.45, 2.75) is 59.3 Å². The van der Waals surface area contributed by atoms with E-state index in [1.54, 1.807) is 41.5 Å². The Labute approximate surface area is 413 Å². The van der Waals surface area contributed by atoms with Crippen LogP contribution in [0.5, 0.6) is 0 Å². The molecule has 14 rings (SSSR count). The van der Waals surface area contributed by atoms with E-state index in [1.165, 1.54) is 16.4 Å². The van der Waals surface area contributed by atoms with Gasteiger partial charge in [-0.15, -0.1) is 0 Å². The minimum atomic E-state index is -1.78. The van der Waals surface area contributed by atoms with Gasteiger partial charge in [0, 0.05) is 32.9 Å². The number of hydrogen-bond donors (Lipinski definition) is 0. The predicted molar refractivity (Wildman–Crippen MR) is 273 cm³/mol. The van der Waals surface area contributed by atoms with Crippen molar-refractivity contribution in [2.75, 3.05) is 9.80 Å². The smallest absolute Gasteiger partial charge is 0.297 e. The maximum atomic E-state index is 10.5. The Balaban J connectivity index is 1.29. The fourth-order valence-electron chi connectivity index (χ4n) is 9.59. The van der Waals surface area contributed by atoms with Gasteiger partial charge in [0.15, 0.2) is 0 Å². The summed E-state index contributed by atoms with van der Waals surface area (Å²) in [7, 11) is 0. The molecule has 11 aromatic rings. The van der Waals surface area contributed by atoms with E-state index < -0.39 is 206 Å². The number of aromatic nitrogens is 1. The SMILES string of the molecule is [2H]c1c([2H])c([2H])c(-c2c([2H])c([2H])c3oc4c(c3c2[2H])N(c2c([2H])c([2H])c([2H])c3oc5c([2H])c([2H])c([2H])c([2H])c5c23)c2c([2H])c(C)c([2H])c3c2B4c2c([2H])c([2H])c([2H])c4c2N3c2c([2H])c(C(C)(C)C)c([2H])c3c5c([2H])c(C(C)(C)C)c([2H])c([2H])c5n-4c23)c([2H])c1[2H]. The van der Waals surface area contributed by atoms with Crippen molar-refractivity contribution in [3.05, 3.63) is 168 Å². The summed E-state index contributed by atoms with van der Waals surface area (Å²) in [6.07, 6.45) is 0. The summed E-state index contributed by atoms with van der Waals surface area (Å²) < 4.78 is 253. The van der Waals surface area contributed by atoms with E-state index in [-0.39, 0.29) is 102 Å². The molecule has 0 atom stereocenters. The zero-order valence-corrected chi connectivity index (χ0v) is 35.7. The molecule has 312 valence electrons. The molecule has 6 heterocycles. The van der Waals surface area contributed by atoms with E-state index in [4.69, 9.17) is 19.8 Å². The van der Waals surface area contributed by atoms with Crippen molar-refractivity contribution >= 4 is 112 Å². The van der Waals surface area contributed by atoms with Crippen molar-refractivity contribution < 1.29 is 43.1 Å². The van der Waals surface area contributed by atoms with Crippen molar-refractivity contribution in [2.24, 2.45) is 0 Å². The van der Waals surface area contributed by atoms with Crippen LogP contribution in [0.15, 0.2) is 160 Å². The standard InChI is InChI=1S/C59H46BN3O2/c1-33-27-46-53-47(28-33)63-48-32-37(59(5,6)7)31-40-39-30-36(58(2,3)4)24-25-43(39)61(54(40)48)45-20-13-18-42(56(45)63)60(53)57-55(41-29-35(23-26-50(41)65-57)34-15-9-8-10-16-34)62(46)44-19-14-22-51-52(44)38-17-11-12-21-49(38)64-51/h8-32H,1-7H3/i8D,9D,10D,11D,12D,13D,14D,15D,16D,17D,18D,19D,20D,21D,22D,23D,24D,25D,26D,27D,28D,29D,30D,31D,32D. The van der Waals surface area contributed by atoms with Gasteiger partial charge in [0.05, 0.1) is 84.8 Å². The molecule has 0 saturated carbocycles. The summed E-state index contributed by atoms with van der Waals surface area (Å²) in [5.41, 5.74) is -8.37. The van der Waals surface area contributed by atoms with Gasteiger partial charge in [-0.05, 0) is 129 Å². The van der Waals surface area contributed by atoms with E-state index in [0.29, 0.717) is 0 Å². The summed E-state index contributed by atoms with van der Waals surface area (Å²) in [4.78, 5) is 2.52. The fraction of sp³-hybridized carbons (Fsp3) is 0.153. The van der Waals surface area contributed by atoms with Crippen LogP contribution in [0.4, 0.5) is 34.1 Å². The molecule has 0 aliphatic carbocycles. The van der Waals surface area contributed by atoms with Crippen LogP contribution >= 0.6 is 0 Å². The zero-order valence-electron chi connectivity index (χ0n) is 60.7. The Morgan fingerprint density at radius 3 is 1.98 bits per heavy atom. The first-order chi connectivity index (χ1) is 41.9. The van der Waals surface area contributed by atoms with Gasteiger partial charge in [-0.25, -0.2) is 0 Å². The monoisotopic (exact) mass is 865 g/mol. The first-order valence-corrected chi connectivity index (χ1v) is 20.9. The normalized spacial score (nSPS) is 19.4. The molecule has 0 spiro atoms. The number of furan rings is 2. The van der Waals surface area contributed by atoms with Crippen LogP contribution in [0.2, 0.25) is 0 Å². The summed E-state index contributed by atoms with van der Waals surface area (Å²) in [6, 6.07) is -17.2. The number of fused-ring (bicyclic) bond motifs is 14. The van der Waals surface area contributed by atoms with Crippen molar-refractivity contribution in [1.29, 1.82) is 0 Å². The van der Waals surface area contributed by atoms with E-state index >= 15 is 0 Å². The van der Waals surface area contributed by atoms with Crippen LogP contribution in [0.3, 0.4) is 0 Å². The third kappa shape index (κ3) is 4.89. The molecule has 3 aliphatic heterocycles. The van der Waals surface area contributed by atoms with Gasteiger partial charge in [-0.1, -0.05) is 120 Å². The van der Waals surface area contributed by atoms with Crippen LogP contribution in [0, 0.1) is 6.92 Å². The molecular formula is C59H46BN3O2. The Morgan fingerprint density at radius 1 is 0.492 bits per heavy atom. The molecule has 8 aromatic carbocycles. The molecule has 0 bridgehead atoms. The highest BCUT2D eigenvalue weighted by Crippen LogP contribution is 2.55. The molecule has 3 aliphatic rings. The van der Waals surface area contributed by atoms with Gasteiger partial charge in [-0.3, -0.25) is 0 Å². The molecule has 0 N–H and O–H groups in total. The van der Waals surface area contributed by atoms with Gasteiger partial charge in [-0.2, -0.15) is 0 Å². The second kappa shape index (κ2) is 12.4.